The SMILES string of the molecule is CCC(C)C(N)C(=O)NC(CC(N)=O)C(=O)NC(CC(C)C)C(=O)NC(C(=O)O)C(C)CC. The number of nitrogens with two attached hydrogens (primary N) is 2. The number of nitrogens with one attached hydrogen (secondary N) is 3. The molecule has 11 heteroatoms. The van der Waals surface area contributed by atoms with Gasteiger partial charge in [-0.15, -0.1) is 0 Å². The molecule has 0 aromatic rings. The summed E-state index contributed by atoms with van der Waals surface area (Å²) in [6, 6.07) is -4.40. The average molecular weight is 472 g/mol. The zero-order valence-corrected chi connectivity index (χ0v) is 20.5. The van der Waals surface area contributed by atoms with Gasteiger partial charge in [0.15, 0.2) is 0 Å². The molecular formula is C22H41N5O6. The lowest BCUT2D eigenvalue weighted by Gasteiger charge is -2.27. The number of rotatable bonds is 15. The number of amides is 4. The van der Waals surface area contributed by atoms with E-state index < -0.39 is 60.2 Å². The minimum absolute atomic E-state index is 0.0177. The summed E-state index contributed by atoms with van der Waals surface area (Å²) in [4.78, 5) is 61.3. The van der Waals surface area contributed by atoms with E-state index in [2.05, 4.69) is 16.0 Å². The summed E-state index contributed by atoms with van der Waals surface area (Å²) in [6.07, 6.45) is 0.903. The van der Waals surface area contributed by atoms with Gasteiger partial charge in [0.1, 0.15) is 18.1 Å². The summed E-state index contributed by atoms with van der Waals surface area (Å²) < 4.78 is 0. The minimum Gasteiger partial charge on any atom is -0.480 e. The number of primary amides is 1. The summed E-state index contributed by atoms with van der Waals surface area (Å²) >= 11 is 0. The van der Waals surface area contributed by atoms with Crippen LogP contribution in [0.4, 0.5) is 0 Å². The van der Waals surface area contributed by atoms with Crippen molar-refractivity contribution in [1.29, 1.82) is 0 Å². The summed E-state index contributed by atoms with van der Waals surface area (Å²) in [5.41, 5.74) is 11.2. The van der Waals surface area contributed by atoms with Crippen LogP contribution in [-0.2, 0) is 24.0 Å². The number of hydrogen-bond acceptors (Lipinski definition) is 6. The lowest BCUT2D eigenvalue weighted by molar-refractivity contribution is -0.144. The molecule has 8 N–H and O–H groups in total. The largest absolute Gasteiger partial charge is 0.480 e. The maximum Gasteiger partial charge on any atom is 0.326 e. The second kappa shape index (κ2) is 14.5. The quantitative estimate of drug-likeness (QED) is 0.191. The van der Waals surface area contributed by atoms with E-state index in [4.69, 9.17) is 11.5 Å². The molecule has 6 unspecified atom stereocenters. The Balaban J connectivity index is 5.61. The van der Waals surface area contributed by atoms with Gasteiger partial charge in [0.2, 0.25) is 23.6 Å². The molecule has 0 aliphatic rings. The topological polar surface area (TPSA) is 194 Å². The molecule has 0 bridgehead atoms. The van der Waals surface area contributed by atoms with Gasteiger partial charge in [-0.3, -0.25) is 19.2 Å². The molecule has 0 aromatic carbocycles. The Bertz CT molecular complexity index is 699. The van der Waals surface area contributed by atoms with Crippen LogP contribution in [0.25, 0.3) is 0 Å². The van der Waals surface area contributed by atoms with Gasteiger partial charge in [0.25, 0.3) is 0 Å². The second-order valence-electron chi connectivity index (χ2n) is 9.04. The van der Waals surface area contributed by atoms with E-state index in [1.165, 1.54) is 0 Å². The van der Waals surface area contributed by atoms with Crippen molar-refractivity contribution in [2.75, 3.05) is 0 Å². The fourth-order valence-corrected chi connectivity index (χ4v) is 3.10. The van der Waals surface area contributed by atoms with Crippen LogP contribution in [0, 0.1) is 17.8 Å². The zero-order chi connectivity index (χ0) is 25.9. The highest BCUT2D eigenvalue weighted by Gasteiger charge is 2.33. The number of carbonyl (C=O) groups is 5. The summed E-state index contributed by atoms with van der Waals surface area (Å²) in [7, 11) is 0. The van der Waals surface area contributed by atoms with Crippen molar-refractivity contribution in [1.82, 2.24) is 16.0 Å². The van der Waals surface area contributed by atoms with Gasteiger partial charge in [-0.05, 0) is 24.2 Å². The lowest BCUT2D eigenvalue weighted by atomic mass is 9.97. The smallest absolute Gasteiger partial charge is 0.326 e. The van der Waals surface area contributed by atoms with Crippen molar-refractivity contribution in [3.05, 3.63) is 0 Å². The number of carbonyl (C=O) groups excluding carboxylic acids is 4. The number of hydrogen-bond donors (Lipinski definition) is 6. The molecule has 4 amide bonds. The van der Waals surface area contributed by atoms with Gasteiger partial charge < -0.3 is 32.5 Å². The summed E-state index contributed by atoms with van der Waals surface area (Å²) in [5.74, 6) is -4.56. The molecule has 33 heavy (non-hydrogen) atoms. The Morgan fingerprint density at radius 2 is 1.27 bits per heavy atom. The van der Waals surface area contributed by atoms with Crippen LogP contribution in [0.3, 0.4) is 0 Å². The maximum absolute atomic E-state index is 12.9. The van der Waals surface area contributed by atoms with E-state index in [1.54, 1.807) is 20.8 Å². The molecule has 0 saturated carbocycles. The molecule has 0 heterocycles. The molecule has 0 spiro atoms. The Morgan fingerprint density at radius 1 is 0.788 bits per heavy atom. The van der Waals surface area contributed by atoms with Crippen molar-refractivity contribution < 1.29 is 29.1 Å². The third kappa shape index (κ3) is 10.6. The standard InChI is InChI=1S/C22H41N5O6/c1-7-12(5)17(24)21(31)26-15(10-16(23)28)19(29)25-14(9-11(3)4)20(30)27-18(22(32)33)13(6)8-2/h11-15,17-18H,7-10,24H2,1-6H3,(H2,23,28)(H,25,29)(H,26,31)(H,27,30)(H,32,33). The Kier molecular flexibility index (Phi) is 13.3. The van der Waals surface area contributed by atoms with Crippen LogP contribution in [0.1, 0.15) is 67.2 Å². The van der Waals surface area contributed by atoms with Crippen molar-refractivity contribution in [3.63, 3.8) is 0 Å². The highest BCUT2D eigenvalue weighted by molar-refractivity contribution is 5.96. The van der Waals surface area contributed by atoms with Crippen LogP contribution < -0.4 is 27.4 Å². The third-order valence-electron chi connectivity index (χ3n) is 5.71. The molecule has 0 aliphatic heterocycles. The number of aliphatic carboxylic acids is 1. The first-order chi connectivity index (χ1) is 15.2. The Morgan fingerprint density at radius 3 is 1.70 bits per heavy atom. The van der Waals surface area contributed by atoms with Crippen LogP contribution in [0.2, 0.25) is 0 Å². The van der Waals surface area contributed by atoms with Gasteiger partial charge in [0, 0.05) is 0 Å². The van der Waals surface area contributed by atoms with E-state index in [0.717, 1.165) is 0 Å². The Labute approximate surface area is 195 Å². The highest BCUT2D eigenvalue weighted by Crippen LogP contribution is 2.11. The first kappa shape index (κ1) is 30.3. The highest BCUT2D eigenvalue weighted by atomic mass is 16.4. The molecular weight excluding hydrogens is 430 g/mol. The predicted molar refractivity (Wildman–Crippen MR) is 124 cm³/mol. The predicted octanol–water partition coefficient (Wildman–Crippen LogP) is -0.134. The van der Waals surface area contributed by atoms with Crippen LogP contribution in [-0.4, -0.2) is 58.9 Å². The maximum atomic E-state index is 12.9. The molecule has 11 nitrogen and oxygen atoms in total. The fourth-order valence-electron chi connectivity index (χ4n) is 3.10. The lowest BCUT2D eigenvalue weighted by Crippen LogP contribution is -2.58. The van der Waals surface area contributed by atoms with Crippen LogP contribution in [0.5, 0.6) is 0 Å². The molecule has 190 valence electrons. The number of carboxylic acids is 1. The minimum atomic E-state index is -1.32. The molecule has 0 aliphatic carbocycles. The van der Waals surface area contributed by atoms with Gasteiger partial charge in [-0.25, -0.2) is 4.79 Å². The first-order valence-electron chi connectivity index (χ1n) is 11.4. The molecule has 6 atom stereocenters. The van der Waals surface area contributed by atoms with E-state index in [9.17, 15) is 29.1 Å². The number of carboxylic acid groups (broad SMARTS) is 1. The van der Waals surface area contributed by atoms with Crippen LogP contribution >= 0.6 is 0 Å². The van der Waals surface area contributed by atoms with E-state index in [0.29, 0.717) is 12.8 Å². The van der Waals surface area contributed by atoms with Gasteiger partial charge in [-0.1, -0.05) is 54.4 Å². The third-order valence-corrected chi connectivity index (χ3v) is 5.71. The zero-order valence-electron chi connectivity index (χ0n) is 20.5. The van der Waals surface area contributed by atoms with E-state index >= 15 is 0 Å². The molecule has 0 radical (unpaired) electrons. The van der Waals surface area contributed by atoms with Crippen molar-refractivity contribution in [2.24, 2.45) is 29.2 Å². The fraction of sp³-hybridized carbons (Fsp3) is 0.773. The van der Waals surface area contributed by atoms with Crippen molar-refractivity contribution >= 4 is 29.6 Å². The summed E-state index contributed by atoms with van der Waals surface area (Å²) in [6.45, 7) is 10.8. The van der Waals surface area contributed by atoms with Crippen molar-refractivity contribution in [2.45, 2.75) is 91.4 Å². The van der Waals surface area contributed by atoms with Crippen molar-refractivity contribution in [3.8, 4) is 0 Å². The monoisotopic (exact) mass is 471 g/mol. The molecule has 0 fully saturated rings. The summed E-state index contributed by atoms with van der Waals surface area (Å²) in [5, 5.41) is 16.9. The second-order valence-corrected chi connectivity index (χ2v) is 9.04. The molecule has 0 saturated heterocycles. The molecule has 0 aromatic heterocycles. The first-order valence-corrected chi connectivity index (χ1v) is 11.4. The van der Waals surface area contributed by atoms with Gasteiger partial charge >= 0.3 is 5.97 Å². The Hall–Kier alpha value is -2.69. The molecule has 0 rings (SSSR count). The normalized spacial score (nSPS) is 16.6. The van der Waals surface area contributed by atoms with Gasteiger partial charge in [-0.2, -0.15) is 0 Å². The van der Waals surface area contributed by atoms with E-state index in [1.807, 2.05) is 20.8 Å². The average Bonchev–Trinajstić information content (AvgIpc) is 2.73. The van der Waals surface area contributed by atoms with Crippen LogP contribution in [0.15, 0.2) is 0 Å². The van der Waals surface area contributed by atoms with E-state index in [-0.39, 0.29) is 24.2 Å². The van der Waals surface area contributed by atoms with Gasteiger partial charge in [0.05, 0.1) is 12.5 Å².